The van der Waals surface area contributed by atoms with Gasteiger partial charge in [-0.15, -0.1) is 11.3 Å². The number of aryl methyl sites for hydroxylation is 1. The van der Waals surface area contributed by atoms with E-state index in [4.69, 9.17) is 0 Å². The number of thiazole rings is 1. The Hall–Kier alpha value is -2.25. The van der Waals surface area contributed by atoms with Crippen LogP contribution in [0.2, 0.25) is 0 Å². The third kappa shape index (κ3) is 4.67. The third-order valence-corrected chi connectivity index (χ3v) is 7.30. The number of nitrogens with one attached hydrogen (secondary N) is 1. The zero-order valence-corrected chi connectivity index (χ0v) is 18.9. The van der Waals surface area contributed by atoms with Crippen LogP contribution in [0.15, 0.2) is 23.6 Å². The lowest BCUT2D eigenvalue weighted by atomic mass is 9.98. The van der Waals surface area contributed by atoms with Crippen molar-refractivity contribution < 1.29 is 9.59 Å². The smallest absolute Gasteiger partial charge is 0.240 e. The summed E-state index contributed by atoms with van der Waals surface area (Å²) in [5.74, 6) is 1.20. The molecule has 7 heteroatoms. The van der Waals surface area contributed by atoms with Crippen molar-refractivity contribution in [2.45, 2.75) is 45.4 Å². The number of amides is 2. The molecule has 1 aliphatic carbocycles. The van der Waals surface area contributed by atoms with Crippen molar-refractivity contribution in [2.75, 3.05) is 36.4 Å². The number of nitrogens with zero attached hydrogens (tertiary/aromatic N) is 3. The molecule has 1 saturated heterocycles. The summed E-state index contributed by atoms with van der Waals surface area (Å²) in [5.41, 5.74) is 4.20. The van der Waals surface area contributed by atoms with Gasteiger partial charge in [0.05, 0.1) is 12.2 Å². The monoisotopic (exact) mass is 438 g/mol. The van der Waals surface area contributed by atoms with Crippen LogP contribution in [0.3, 0.4) is 0 Å². The van der Waals surface area contributed by atoms with Crippen LogP contribution in [0, 0.1) is 11.8 Å². The van der Waals surface area contributed by atoms with Gasteiger partial charge in [-0.25, -0.2) is 4.98 Å². The molecule has 1 N–H and O–H groups in total. The lowest BCUT2D eigenvalue weighted by molar-refractivity contribution is -0.120. The maximum atomic E-state index is 12.6. The van der Waals surface area contributed by atoms with E-state index in [0.29, 0.717) is 17.6 Å². The van der Waals surface area contributed by atoms with Crippen LogP contribution in [0.4, 0.5) is 10.8 Å². The van der Waals surface area contributed by atoms with E-state index in [1.165, 1.54) is 23.3 Å². The fourth-order valence-corrected chi connectivity index (χ4v) is 5.53. The second-order valence-corrected chi connectivity index (χ2v) is 10.1. The zero-order valence-electron chi connectivity index (χ0n) is 18.1. The van der Waals surface area contributed by atoms with E-state index in [1.807, 2.05) is 16.3 Å². The van der Waals surface area contributed by atoms with E-state index in [0.717, 1.165) is 68.7 Å². The predicted molar refractivity (Wildman–Crippen MR) is 124 cm³/mol. The van der Waals surface area contributed by atoms with Crippen molar-refractivity contribution in [1.29, 1.82) is 0 Å². The first kappa shape index (κ1) is 20.6. The Balaban J connectivity index is 1.25. The van der Waals surface area contributed by atoms with Crippen molar-refractivity contribution in [3.63, 3.8) is 0 Å². The van der Waals surface area contributed by atoms with Crippen LogP contribution in [-0.4, -0.2) is 47.9 Å². The molecule has 3 aliphatic rings. The van der Waals surface area contributed by atoms with Crippen LogP contribution in [0.5, 0.6) is 0 Å². The molecule has 0 radical (unpaired) electrons. The van der Waals surface area contributed by atoms with Crippen LogP contribution in [0.25, 0.3) is 11.3 Å². The quantitative estimate of drug-likeness (QED) is 0.761. The summed E-state index contributed by atoms with van der Waals surface area (Å²) in [6, 6.07) is 6.28. The first-order valence-electron chi connectivity index (χ1n) is 11.5. The first-order chi connectivity index (χ1) is 15.1. The molecular formula is C24H30N4O2S. The number of piperidine rings is 1. The maximum Gasteiger partial charge on any atom is 0.240 e. The number of carbonyl (C=O) groups excluding carboxylic acids is 2. The molecule has 31 heavy (non-hydrogen) atoms. The predicted octanol–water partition coefficient (Wildman–Crippen LogP) is 4.17. The maximum absolute atomic E-state index is 12.6. The fraction of sp³-hybridized carbons (Fsp3) is 0.542. The summed E-state index contributed by atoms with van der Waals surface area (Å²) in [5, 5.41) is 5.61. The van der Waals surface area contributed by atoms with Gasteiger partial charge in [-0.05, 0) is 68.7 Å². The topological polar surface area (TPSA) is 65.5 Å². The van der Waals surface area contributed by atoms with Gasteiger partial charge in [-0.3, -0.25) is 14.5 Å². The zero-order chi connectivity index (χ0) is 21.4. The van der Waals surface area contributed by atoms with Gasteiger partial charge < -0.3 is 10.2 Å². The van der Waals surface area contributed by atoms with Gasteiger partial charge in [0.15, 0.2) is 5.13 Å². The Morgan fingerprint density at radius 2 is 2.06 bits per heavy atom. The Morgan fingerprint density at radius 1 is 1.19 bits per heavy atom. The van der Waals surface area contributed by atoms with Crippen molar-refractivity contribution in [3.8, 4) is 11.3 Å². The highest BCUT2D eigenvalue weighted by Crippen LogP contribution is 2.37. The average Bonchev–Trinajstić information content (AvgIpc) is 3.51. The molecule has 1 aromatic carbocycles. The van der Waals surface area contributed by atoms with E-state index in [-0.39, 0.29) is 17.7 Å². The lowest BCUT2D eigenvalue weighted by Crippen LogP contribution is -2.39. The van der Waals surface area contributed by atoms with Crippen LogP contribution in [-0.2, 0) is 16.0 Å². The molecular weight excluding hydrogens is 408 g/mol. The summed E-state index contributed by atoms with van der Waals surface area (Å²) in [6.07, 6.45) is 6.47. The molecule has 0 bridgehead atoms. The van der Waals surface area contributed by atoms with Crippen molar-refractivity contribution in [1.82, 2.24) is 9.88 Å². The molecule has 1 aromatic heterocycles. The van der Waals surface area contributed by atoms with E-state index >= 15 is 0 Å². The van der Waals surface area contributed by atoms with Gasteiger partial charge in [0, 0.05) is 35.6 Å². The molecule has 2 aromatic rings. The van der Waals surface area contributed by atoms with E-state index in [9.17, 15) is 9.59 Å². The highest BCUT2D eigenvalue weighted by atomic mass is 32.1. The number of likely N-dealkylation sites (tertiary alicyclic amines) is 1. The molecule has 0 unspecified atom stereocenters. The molecule has 3 heterocycles. The number of hydrogen-bond donors (Lipinski definition) is 1. The van der Waals surface area contributed by atoms with Crippen molar-refractivity contribution in [3.05, 3.63) is 29.1 Å². The van der Waals surface area contributed by atoms with Gasteiger partial charge in [0.2, 0.25) is 11.8 Å². The number of benzene rings is 1. The molecule has 5 rings (SSSR count). The third-order valence-electron chi connectivity index (χ3n) is 6.55. The number of anilines is 2. The molecule has 2 aliphatic heterocycles. The molecule has 164 valence electrons. The molecule has 1 saturated carbocycles. The van der Waals surface area contributed by atoms with Crippen LogP contribution in [0.1, 0.15) is 44.6 Å². The summed E-state index contributed by atoms with van der Waals surface area (Å²) in [4.78, 5) is 33.9. The van der Waals surface area contributed by atoms with Gasteiger partial charge in [-0.2, -0.15) is 0 Å². The highest BCUT2D eigenvalue weighted by molar-refractivity contribution is 7.14. The number of aromatic nitrogens is 1. The lowest BCUT2D eigenvalue weighted by Gasteiger charge is -2.30. The van der Waals surface area contributed by atoms with E-state index in [1.54, 1.807) is 0 Å². The van der Waals surface area contributed by atoms with Gasteiger partial charge >= 0.3 is 0 Å². The standard InChI is InChI=1S/C24H30N4O2S/c1-16-4-2-10-27(13-16)14-22(29)26-24-25-20(15-31-24)18-8-9-21-19(12-18)5-3-11-28(21)23(30)17-6-7-17/h8-9,12,15-17H,2-7,10-11,13-14H2,1H3,(H,25,26,29)/t16-/m0/s1. The van der Waals surface area contributed by atoms with Crippen molar-refractivity contribution >= 4 is 34.0 Å². The number of fused-ring (bicyclic) bond motifs is 1. The minimum atomic E-state index is 0.00895. The van der Waals surface area contributed by atoms with E-state index < -0.39 is 0 Å². The Bertz CT molecular complexity index is 984. The number of hydrogen-bond acceptors (Lipinski definition) is 5. The minimum Gasteiger partial charge on any atom is -0.312 e. The van der Waals surface area contributed by atoms with Crippen LogP contribution < -0.4 is 10.2 Å². The SMILES string of the molecule is C[C@H]1CCCN(CC(=O)Nc2nc(-c3ccc4c(c3)CCCN4C(=O)C3CC3)cs2)C1. The Labute approximate surface area is 187 Å². The highest BCUT2D eigenvalue weighted by Gasteiger charge is 2.35. The molecule has 1 atom stereocenters. The second-order valence-electron chi connectivity index (χ2n) is 9.28. The number of rotatable bonds is 5. The second kappa shape index (κ2) is 8.71. The summed E-state index contributed by atoms with van der Waals surface area (Å²) >= 11 is 1.46. The fourth-order valence-electron chi connectivity index (χ4n) is 4.79. The first-order valence-corrected chi connectivity index (χ1v) is 12.4. The van der Waals surface area contributed by atoms with Crippen LogP contribution >= 0.6 is 11.3 Å². The summed E-state index contributed by atoms with van der Waals surface area (Å²) in [7, 11) is 0. The number of carbonyl (C=O) groups is 2. The molecule has 2 fully saturated rings. The van der Waals surface area contributed by atoms with Gasteiger partial charge in [0.1, 0.15) is 0 Å². The normalized spacial score (nSPS) is 21.6. The minimum absolute atomic E-state index is 0.00895. The summed E-state index contributed by atoms with van der Waals surface area (Å²) < 4.78 is 0. The van der Waals surface area contributed by atoms with Gasteiger partial charge in [0.25, 0.3) is 0 Å². The Morgan fingerprint density at radius 3 is 2.87 bits per heavy atom. The van der Waals surface area contributed by atoms with E-state index in [2.05, 4.69) is 34.3 Å². The average molecular weight is 439 g/mol. The molecule has 2 amide bonds. The summed E-state index contributed by atoms with van der Waals surface area (Å²) in [6.45, 7) is 5.49. The molecule has 6 nitrogen and oxygen atoms in total. The molecule has 0 spiro atoms. The largest absolute Gasteiger partial charge is 0.312 e. The Kier molecular flexibility index (Phi) is 5.80. The van der Waals surface area contributed by atoms with Crippen molar-refractivity contribution in [2.24, 2.45) is 11.8 Å². The van der Waals surface area contributed by atoms with Gasteiger partial charge in [-0.1, -0.05) is 13.0 Å².